The predicted molar refractivity (Wildman–Crippen MR) is 73.8 cm³/mol. The van der Waals surface area contributed by atoms with Gasteiger partial charge in [0.2, 0.25) is 0 Å². The van der Waals surface area contributed by atoms with Crippen LogP contribution in [-0.4, -0.2) is 45.8 Å². The van der Waals surface area contributed by atoms with E-state index < -0.39 is 29.0 Å². The van der Waals surface area contributed by atoms with E-state index in [2.05, 4.69) is 5.32 Å². The maximum atomic E-state index is 13.5. The molecule has 1 unspecified atom stereocenters. The van der Waals surface area contributed by atoms with Crippen LogP contribution in [0, 0.1) is 5.82 Å². The Hall–Kier alpha value is -2.15. The largest absolute Gasteiger partial charge is 0.478 e. The zero-order valence-electron chi connectivity index (χ0n) is 11.6. The molecule has 1 fully saturated rings. The number of hydrogen-bond acceptors (Lipinski definition) is 3. The summed E-state index contributed by atoms with van der Waals surface area (Å²) >= 11 is 0. The van der Waals surface area contributed by atoms with E-state index >= 15 is 0 Å². The van der Waals surface area contributed by atoms with E-state index in [1.807, 2.05) is 0 Å². The molecular formula is C14H17FN2O4. The number of amides is 2. The highest BCUT2D eigenvalue weighted by Gasteiger charge is 2.31. The van der Waals surface area contributed by atoms with Gasteiger partial charge in [-0.3, -0.25) is 0 Å². The lowest BCUT2D eigenvalue weighted by Gasteiger charge is -2.36. The molecule has 1 atom stereocenters. The van der Waals surface area contributed by atoms with E-state index in [1.54, 1.807) is 6.92 Å². The second kappa shape index (κ2) is 5.69. The second-order valence-electron chi connectivity index (χ2n) is 5.42. The molecule has 0 spiro atoms. The minimum atomic E-state index is -1.45. The first-order valence-corrected chi connectivity index (χ1v) is 6.60. The van der Waals surface area contributed by atoms with Gasteiger partial charge in [-0.1, -0.05) is 6.07 Å². The number of piperidine rings is 1. The molecule has 0 aromatic heterocycles. The third-order valence-corrected chi connectivity index (χ3v) is 3.43. The van der Waals surface area contributed by atoms with Crippen molar-refractivity contribution < 1.29 is 24.2 Å². The number of benzene rings is 1. The third kappa shape index (κ3) is 3.49. The zero-order valence-corrected chi connectivity index (χ0v) is 11.6. The van der Waals surface area contributed by atoms with Crippen LogP contribution in [0.2, 0.25) is 0 Å². The van der Waals surface area contributed by atoms with Crippen molar-refractivity contribution in [2.45, 2.75) is 25.4 Å². The van der Waals surface area contributed by atoms with Crippen LogP contribution in [0.25, 0.3) is 0 Å². The van der Waals surface area contributed by atoms with Crippen molar-refractivity contribution in [3.8, 4) is 0 Å². The molecule has 0 radical (unpaired) electrons. The van der Waals surface area contributed by atoms with Gasteiger partial charge in [0.25, 0.3) is 0 Å². The molecule has 114 valence electrons. The number of anilines is 1. The van der Waals surface area contributed by atoms with Gasteiger partial charge in [0.15, 0.2) is 0 Å². The van der Waals surface area contributed by atoms with Crippen molar-refractivity contribution in [2.24, 2.45) is 0 Å². The highest BCUT2D eigenvalue weighted by atomic mass is 19.1. The van der Waals surface area contributed by atoms with E-state index in [1.165, 1.54) is 17.0 Å². The summed E-state index contributed by atoms with van der Waals surface area (Å²) in [7, 11) is 0. The van der Waals surface area contributed by atoms with Crippen LogP contribution in [0.3, 0.4) is 0 Å². The minimum absolute atomic E-state index is 0.0993. The van der Waals surface area contributed by atoms with Gasteiger partial charge in [0, 0.05) is 6.54 Å². The van der Waals surface area contributed by atoms with Crippen molar-refractivity contribution in [3.63, 3.8) is 0 Å². The molecular weight excluding hydrogens is 279 g/mol. The Bertz CT molecular complexity index is 574. The van der Waals surface area contributed by atoms with Gasteiger partial charge >= 0.3 is 12.0 Å². The number of halogens is 1. The van der Waals surface area contributed by atoms with Gasteiger partial charge in [-0.05, 0) is 31.9 Å². The summed E-state index contributed by atoms with van der Waals surface area (Å²) in [6, 6.07) is 3.12. The average Bonchev–Trinajstić information content (AvgIpc) is 2.37. The van der Waals surface area contributed by atoms with Crippen LogP contribution in [-0.2, 0) is 0 Å². The Morgan fingerprint density at radius 2 is 2.14 bits per heavy atom. The van der Waals surface area contributed by atoms with Gasteiger partial charge in [-0.2, -0.15) is 0 Å². The molecule has 1 heterocycles. The Kier molecular flexibility index (Phi) is 4.13. The molecule has 3 N–H and O–H groups in total. The van der Waals surface area contributed by atoms with Crippen LogP contribution < -0.4 is 5.32 Å². The number of nitrogens with one attached hydrogen (secondary N) is 1. The van der Waals surface area contributed by atoms with Crippen molar-refractivity contribution in [2.75, 3.05) is 18.4 Å². The normalized spacial score (nSPS) is 22.0. The molecule has 1 aliphatic rings. The van der Waals surface area contributed by atoms with Crippen molar-refractivity contribution in [3.05, 3.63) is 29.6 Å². The maximum Gasteiger partial charge on any atom is 0.340 e. The lowest BCUT2D eigenvalue weighted by atomic mass is 9.95. The molecule has 0 aliphatic carbocycles. The van der Waals surface area contributed by atoms with E-state index in [4.69, 9.17) is 5.11 Å². The molecule has 1 saturated heterocycles. The van der Waals surface area contributed by atoms with Crippen LogP contribution in [0.15, 0.2) is 18.2 Å². The number of likely N-dealkylation sites (tertiary alicyclic amines) is 1. The van der Waals surface area contributed by atoms with Crippen molar-refractivity contribution >= 4 is 17.7 Å². The van der Waals surface area contributed by atoms with Crippen LogP contribution >= 0.6 is 0 Å². The summed E-state index contributed by atoms with van der Waals surface area (Å²) in [5.74, 6) is -2.36. The molecule has 1 aromatic carbocycles. The summed E-state index contributed by atoms with van der Waals surface area (Å²) in [6.07, 6.45) is 1.24. The Balaban J connectivity index is 2.17. The topological polar surface area (TPSA) is 89.9 Å². The third-order valence-electron chi connectivity index (χ3n) is 3.43. The van der Waals surface area contributed by atoms with Gasteiger partial charge in [-0.15, -0.1) is 0 Å². The Morgan fingerprint density at radius 1 is 1.43 bits per heavy atom. The SMILES string of the molecule is CC1(O)CCCN(C(=O)Nc2cccc(F)c2C(=O)O)C1. The van der Waals surface area contributed by atoms with E-state index in [0.717, 1.165) is 6.07 Å². The van der Waals surface area contributed by atoms with Crippen molar-refractivity contribution in [1.29, 1.82) is 0 Å². The first kappa shape index (κ1) is 15.2. The summed E-state index contributed by atoms with van der Waals surface area (Å²) in [4.78, 5) is 24.6. The number of aromatic carboxylic acids is 1. The van der Waals surface area contributed by atoms with E-state index in [0.29, 0.717) is 19.4 Å². The second-order valence-corrected chi connectivity index (χ2v) is 5.42. The number of carbonyl (C=O) groups is 2. The first-order chi connectivity index (χ1) is 9.80. The average molecular weight is 296 g/mol. The molecule has 1 aromatic rings. The number of β-amino-alcohol motifs (C(OH)–C–C–N with tert-alkyl or cyclic N) is 1. The number of rotatable bonds is 2. The molecule has 7 heteroatoms. The number of aliphatic hydroxyl groups is 1. The smallest absolute Gasteiger partial charge is 0.340 e. The fraction of sp³-hybridized carbons (Fsp3) is 0.429. The number of urea groups is 1. The van der Waals surface area contributed by atoms with Gasteiger partial charge < -0.3 is 20.4 Å². The molecule has 0 bridgehead atoms. The first-order valence-electron chi connectivity index (χ1n) is 6.60. The van der Waals surface area contributed by atoms with Crippen LogP contribution in [0.4, 0.5) is 14.9 Å². The van der Waals surface area contributed by atoms with Crippen LogP contribution in [0.1, 0.15) is 30.1 Å². The predicted octanol–water partition coefficient (Wildman–Crippen LogP) is 1.90. The van der Waals surface area contributed by atoms with Crippen molar-refractivity contribution in [1.82, 2.24) is 4.90 Å². The van der Waals surface area contributed by atoms with Gasteiger partial charge in [-0.25, -0.2) is 14.0 Å². The van der Waals surface area contributed by atoms with E-state index in [-0.39, 0.29) is 12.2 Å². The number of hydrogen-bond donors (Lipinski definition) is 3. The van der Waals surface area contributed by atoms with Gasteiger partial charge in [0.1, 0.15) is 11.4 Å². The summed E-state index contributed by atoms with van der Waals surface area (Å²) < 4.78 is 13.5. The fourth-order valence-corrected chi connectivity index (χ4v) is 2.43. The molecule has 6 nitrogen and oxygen atoms in total. The molecule has 2 rings (SSSR count). The summed E-state index contributed by atoms with van der Waals surface area (Å²) in [5, 5.41) is 21.4. The molecule has 0 saturated carbocycles. The molecule has 1 aliphatic heterocycles. The van der Waals surface area contributed by atoms with Gasteiger partial charge in [0.05, 0.1) is 17.8 Å². The summed E-state index contributed by atoms with van der Waals surface area (Å²) in [6.45, 7) is 2.24. The van der Waals surface area contributed by atoms with E-state index in [9.17, 15) is 19.1 Å². The maximum absolute atomic E-state index is 13.5. The Morgan fingerprint density at radius 3 is 2.76 bits per heavy atom. The lowest BCUT2D eigenvalue weighted by molar-refractivity contribution is -0.000649. The molecule has 2 amide bonds. The highest BCUT2D eigenvalue weighted by Crippen LogP contribution is 2.23. The lowest BCUT2D eigenvalue weighted by Crippen LogP contribution is -2.50. The fourth-order valence-electron chi connectivity index (χ4n) is 2.43. The zero-order chi connectivity index (χ0) is 15.6. The monoisotopic (exact) mass is 296 g/mol. The number of nitrogens with zero attached hydrogens (tertiary/aromatic N) is 1. The number of carboxylic acids is 1. The van der Waals surface area contributed by atoms with Crippen LogP contribution in [0.5, 0.6) is 0 Å². The minimum Gasteiger partial charge on any atom is -0.478 e. The molecule has 21 heavy (non-hydrogen) atoms. The number of carbonyl (C=O) groups excluding carboxylic acids is 1. The summed E-state index contributed by atoms with van der Waals surface area (Å²) in [5.41, 5.74) is -1.64. The highest BCUT2D eigenvalue weighted by molar-refractivity contribution is 6.00. The number of carboxylic acid groups (broad SMARTS) is 1. The standard InChI is InChI=1S/C14H17FN2O4/c1-14(21)6-3-7-17(8-14)13(20)16-10-5-2-4-9(15)11(10)12(18)19/h2,4-5,21H,3,6-8H2,1H3,(H,16,20)(H,18,19). The Labute approximate surface area is 121 Å². The quantitative estimate of drug-likeness (QED) is 0.777.